The lowest BCUT2D eigenvalue weighted by Gasteiger charge is -2.29. The number of hydrogen-bond donors (Lipinski definition) is 2. The van der Waals surface area contributed by atoms with Gasteiger partial charge in [-0.25, -0.2) is 0 Å². The number of likely N-dealkylation sites (tertiary alicyclic amines) is 1. The van der Waals surface area contributed by atoms with Gasteiger partial charge in [0, 0.05) is 13.1 Å². The molecule has 0 aliphatic carbocycles. The summed E-state index contributed by atoms with van der Waals surface area (Å²) in [6, 6.07) is 7.85. The number of nitrogens with one attached hydrogen (secondary N) is 1. The van der Waals surface area contributed by atoms with Crippen LogP contribution in [0.5, 0.6) is 5.75 Å². The summed E-state index contributed by atoms with van der Waals surface area (Å²) in [6.07, 6.45) is 3.64. The summed E-state index contributed by atoms with van der Waals surface area (Å²) in [7, 11) is 0. The molecule has 1 aliphatic rings. The molecule has 1 unspecified atom stereocenters. The van der Waals surface area contributed by atoms with E-state index >= 15 is 0 Å². The van der Waals surface area contributed by atoms with Crippen molar-refractivity contribution >= 4 is 5.91 Å². The van der Waals surface area contributed by atoms with Gasteiger partial charge >= 0.3 is 0 Å². The second kappa shape index (κ2) is 9.53. The van der Waals surface area contributed by atoms with Gasteiger partial charge < -0.3 is 15.2 Å². The fraction of sp³-hybridized carbons (Fsp3) is 0.611. The van der Waals surface area contributed by atoms with Crippen LogP contribution in [0.15, 0.2) is 24.3 Å². The summed E-state index contributed by atoms with van der Waals surface area (Å²) in [4.78, 5) is 14.0. The third kappa shape index (κ3) is 6.59. The van der Waals surface area contributed by atoms with E-state index in [0.717, 1.165) is 50.1 Å². The number of carbonyl (C=O) groups excluding carboxylic acids is 1. The van der Waals surface area contributed by atoms with Gasteiger partial charge in [-0.3, -0.25) is 9.69 Å². The van der Waals surface area contributed by atoms with Gasteiger partial charge in [0.25, 0.3) is 0 Å². The van der Waals surface area contributed by atoms with Crippen molar-refractivity contribution in [1.29, 1.82) is 0 Å². The topological polar surface area (TPSA) is 61.8 Å². The predicted octanol–water partition coefficient (Wildman–Crippen LogP) is 1.94. The number of rotatable bonds is 8. The Morgan fingerprint density at radius 1 is 1.48 bits per heavy atom. The maximum atomic E-state index is 12.0. The third-order valence-corrected chi connectivity index (χ3v) is 4.00. The Bertz CT molecular complexity index is 493. The largest absolute Gasteiger partial charge is 0.494 e. The third-order valence-electron chi connectivity index (χ3n) is 4.00. The second-order valence-corrected chi connectivity index (χ2v) is 6.16. The van der Waals surface area contributed by atoms with Crippen molar-refractivity contribution in [2.75, 3.05) is 26.2 Å². The highest BCUT2D eigenvalue weighted by molar-refractivity contribution is 5.78. The summed E-state index contributed by atoms with van der Waals surface area (Å²) in [5.74, 6) is 0.848. The van der Waals surface area contributed by atoms with Gasteiger partial charge in [0.05, 0.1) is 19.3 Å². The lowest BCUT2D eigenvalue weighted by molar-refractivity contribution is -0.123. The first kappa shape index (κ1) is 17.8. The van der Waals surface area contributed by atoms with Crippen molar-refractivity contribution in [3.8, 4) is 5.75 Å². The van der Waals surface area contributed by atoms with E-state index in [2.05, 4.69) is 12.2 Å². The van der Waals surface area contributed by atoms with Crippen LogP contribution in [0.4, 0.5) is 0 Å². The molecule has 0 aromatic heterocycles. The van der Waals surface area contributed by atoms with E-state index in [1.807, 2.05) is 29.2 Å². The average Bonchev–Trinajstić information content (AvgIpc) is 2.54. The highest BCUT2D eigenvalue weighted by atomic mass is 16.5. The first-order valence-corrected chi connectivity index (χ1v) is 8.56. The molecule has 0 saturated carbocycles. The van der Waals surface area contributed by atoms with E-state index in [4.69, 9.17) is 4.74 Å². The van der Waals surface area contributed by atoms with Crippen LogP contribution in [0.1, 0.15) is 38.2 Å². The summed E-state index contributed by atoms with van der Waals surface area (Å²) in [5.41, 5.74) is 1.03. The van der Waals surface area contributed by atoms with Crippen LogP contribution in [-0.4, -0.2) is 48.3 Å². The van der Waals surface area contributed by atoms with Crippen molar-refractivity contribution in [3.05, 3.63) is 29.8 Å². The van der Waals surface area contributed by atoms with Crippen LogP contribution in [0.2, 0.25) is 0 Å². The molecule has 5 nitrogen and oxygen atoms in total. The Morgan fingerprint density at radius 2 is 2.35 bits per heavy atom. The lowest BCUT2D eigenvalue weighted by Crippen LogP contribution is -2.44. The molecule has 1 atom stereocenters. The smallest absolute Gasteiger partial charge is 0.234 e. The molecule has 1 fully saturated rings. The molecule has 1 aromatic rings. The van der Waals surface area contributed by atoms with Crippen LogP contribution in [-0.2, 0) is 11.3 Å². The van der Waals surface area contributed by atoms with Crippen LogP contribution >= 0.6 is 0 Å². The number of amides is 1. The molecule has 1 aliphatic heterocycles. The molecule has 2 rings (SSSR count). The molecular formula is C18H28N2O3. The Kier molecular flexibility index (Phi) is 7.36. The van der Waals surface area contributed by atoms with Gasteiger partial charge in [0.2, 0.25) is 5.91 Å². The standard InChI is InChI=1S/C18H28N2O3/c1-2-3-10-23-17-8-4-6-15(11-17)12-19-18(22)14-20-9-5-7-16(21)13-20/h4,6,8,11,16,21H,2-3,5,7,9-10,12-14H2,1H3,(H,19,22). The number of aliphatic hydroxyl groups is 1. The predicted molar refractivity (Wildman–Crippen MR) is 90.4 cm³/mol. The van der Waals surface area contributed by atoms with E-state index < -0.39 is 0 Å². The molecule has 1 aromatic carbocycles. The molecule has 5 heteroatoms. The minimum Gasteiger partial charge on any atom is -0.494 e. The number of unbranched alkanes of at least 4 members (excludes halogenated alkanes) is 1. The molecule has 23 heavy (non-hydrogen) atoms. The number of benzene rings is 1. The molecule has 1 saturated heterocycles. The molecular weight excluding hydrogens is 292 g/mol. The van der Waals surface area contributed by atoms with E-state index in [1.165, 1.54) is 0 Å². The molecule has 1 amide bonds. The maximum absolute atomic E-state index is 12.0. The zero-order valence-corrected chi connectivity index (χ0v) is 14.0. The maximum Gasteiger partial charge on any atom is 0.234 e. The summed E-state index contributed by atoms with van der Waals surface area (Å²) in [5, 5.41) is 12.6. The van der Waals surface area contributed by atoms with Gasteiger partial charge in [-0.2, -0.15) is 0 Å². The van der Waals surface area contributed by atoms with Crippen molar-refractivity contribution in [1.82, 2.24) is 10.2 Å². The van der Waals surface area contributed by atoms with Crippen molar-refractivity contribution in [2.45, 2.75) is 45.3 Å². The van der Waals surface area contributed by atoms with Crippen LogP contribution in [0.25, 0.3) is 0 Å². The molecule has 1 heterocycles. The number of aliphatic hydroxyl groups excluding tert-OH is 1. The molecule has 0 spiro atoms. The first-order valence-electron chi connectivity index (χ1n) is 8.56. The fourth-order valence-corrected chi connectivity index (χ4v) is 2.71. The SMILES string of the molecule is CCCCOc1cccc(CNC(=O)CN2CCCC(O)C2)c1. The van der Waals surface area contributed by atoms with E-state index in [-0.39, 0.29) is 12.0 Å². The number of hydrogen-bond acceptors (Lipinski definition) is 4. The van der Waals surface area contributed by atoms with Crippen molar-refractivity contribution < 1.29 is 14.6 Å². The van der Waals surface area contributed by atoms with Crippen LogP contribution in [0.3, 0.4) is 0 Å². The first-order chi connectivity index (χ1) is 11.2. The average molecular weight is 320 g/mol. The quantitative estimate of drug-likeness (QED) is 0.719. The number of ether oxygens (including phenoxy) is 1. The Morgan fingerprint density at radius 3 is 3.13 bits per heavy atom. The van der Waals surface area contributed by atoms with E-state index in [1.54, 1.807) is 0 Å². The minimum atomic E-state index is -0.298. The van der Waals surface area contributed by atoms with Crippen molar-refractivity contribution in [3.63, 3.8) is 0 Å². The molecule has 0 bridgehead atoms. The molecule has 2 N–H and O–H groups in total. The summed E-state index contributed by atoms with van der Waals surface area (Å²) in [6.45, 7) is 5.18. The lowest BCUT2D eigenvalue weighted by atomic mass is 10.1. The van der Waals surface area contributed by atoms with Gasteiger partial charge in [0.1, 0.15) is 5.75 Å². The number of β-amino-alcohol motifs (C(OH)–C–C–N with tert-alkyl or cyclic N) is 1. The summed E-state index contributed by atoms with van der Waals surface area (Å²) >= 11 is 0. The van der Waals surface area contributed by atoms with Gasteiger partial charge in [-0.15, -0.1) is 0 Å². The zero-order valence-electron chi connectivity index (χ0n) is 14.0. The van der Waals surface area contributed by atoms with Crippen LogP contribution in [0, 0.1) is 0 Å². The second-order valence-electron chi connectivity index (χ2n) is 6.16. The van der Waals surface area contributed by atoms with Gasteiger partial charge in [-0.1, -0.05) is 25.5 Å². The molecule has 128 valence electrons. The van der Waals surface area contributed by atoms with Crippen LogP contribution < -0.4 is 10.1 Å². The van der Waals surface area contributed by atoms with Gasteiger partial charge in [-0.05, 0) is 43.5 Å². The monoisotopic (exact) mass is 320 g/mol. The Labute approximate surface area is 138 Å². The Balaban J connectivity index is 1.74. The number of carbonyl (C=O) groups is 1. The number of nitrogens with zero attached hydrogens (tertiary/aromatic N) is 1. The van der Waals surface area contributed by atoms with E-state index in [0.29, 0.717) is 19.6 Å². The summed E-state index contributed by atoms with van der Waals surface area (Å²) < 4.78 is 5.68. The number of piperidine rings is 1. The van der Waals surface area contributed by atoms with Gasteiger partial charge in [0.15, 0.2) is 0 Å². The Hall–Kier alpha value is -1.59. The highest BCUT2D eigenvalue weighted by Gasteiger charge is 2.19. The van der Waals surface area contributed by atoms with E-state index in [9.17, 15) is 9.90 Å². The fourth-order valence-electron chi connectivity index (χ4n) is 2.71. The highest BCUT2D eigenvalue weighted by Crippen LogP contribution is 2.14. The minimum absolute atomic E-state index is 0.00333. The zero-order chi connectivity index (χ0) is 16.5. The van der Waals surface area contributed by atoms with Crippen molar-refractivity contribution in [2.24, 2.45) is 0 Å². The normalized spacial score (nSPS) is 18.6. The molecule has 0 radical (unpaired) electrons.